The Bertz CT molecular complexity index is 333. The summed E-state index contributed by atoms with van der Waals surface area (Å²) >= 11 is 6.79. The lowest BCUT2D eigenvalue weighted by Gasteiger charge is -2.13. The Morgan fingerprint density at radius 1 is 1.31 bits per heavy atom. The van der Waals surface area contributed by atoms with Crippen LogP contribution >= 0.6 is 28.6 Å². The van der Waals surface area contributed by atoms with Gasteiger partial charge >= 0.3 is 6.18 Å². The molecule has 1 aromatic rings. The summed E-state index contributed by atoms with van der Waals surface area (Å²) in [7, 11) is 0. The predicted octanol–water partition coefficient (Wildman–Crippen LogP) is 4.07. The number of alkyl halides is 3. The van der Waals surface area contributed by atoms with Crippen molar-refractivity contribution in [2.45, 2.75) is 18.0 Å². The number of halogens is 4. The lowest BCUT2D eigenvalue weighted by Crippen LogP contribution is -2.08. The van der Waals surface area contributed by atoms with Crippen LogP contribution in [0.15, 0.2) is 21.5 Å². The third-order valence-electron chi connectivity index (χ3n) is 1.67. The van der Waals surface area contributed by atoms with Crippen molar-refractivity contribution in [1.29, 1.82) is 0 Å². The van der Waals surface area contributed by atoms with Gasteiger partial charge in [0, 0.05) is 9.37 Å². The molecule has 0 N–H and O–H groups in total. The highest BCUT2D eigenvalue weighted by Gasteiger charge is 2.35. The Morgan fingerprint density at radius 2 is 1.85 bits per heavy atom. The first-order valence-corrected chi connectivity index (χ1v) is 4.63. The zero-order valence-corrected chi connectivity index (χ0v) is 9.09. The maximum absolute atomic E-state index is 12.4. The zero-order valence-electron chi connectivity index (χ0n) is 6.61. The lowest BCUT2D eigenvalue weighted by atomic mass is 10.1. The first-order valence-electron chi connectivity index (χ1n) is 3.39. The number of rotatable bonds is 0. The molecule has 0 saturated heterocycles. The summed E-state index contributed by atoms with van der Waals surface area (Å²) in [6, 6.07) is 2.87. The van der Waals surface area contributed by atoms with Crippen LogP contribution in [0.4, 0.5) is 13.2 Å². The van der Waals surface area contributed by atoms with Crippen molar-refractivity contribution in [3.05, 3.63) is 27.7 Å². The van der Waals surface area contributed by atoms with Crippen molar-refractivity contribution >= 4 is 28.6 Å². The molecule has 0 aliphatic rings. The third-order valence-corrected chi connectivity index (χ3v) is 2.81. The Kier molecular flexibility index (Phi) is 2.97. The van der Waals surface area contributed by atoms with E-state index >= 15 is 0 Å². The monoisotopic (exact) mass is 270 g/mol. The zero-order chi connectivity index (χ0) is 10.2. The predicted molar refractivity (Wildman–Crippen MR) is 51.1 cm³/mol. The van der Waals surface area contributed by atoms with Crippen molar-refractivity contribution in [1.82, 2.24) is 0 Å². The van der Waals surface area contributed by atoms with Gasteiger partial charge in [-0.3, -0.25) is 0 Å². The maximum Gasteiger partial charge on any atom is 0.417 e. The van der Waals surface area contributed by atoms with E-state index in [0.29, 0.717) is 4.90 Å². The van der Waals surface area contributed by atoms with Crippen LogP contribution in [-0.4, -0.2) is 0 Å². The average molecular weight is 271 g/mol. The Hall–Kier alpha value is -0.160. The number of hydrogen-bond donors (Lipinski definition) is 1. The average Bonchev–Trinajstić information content (AvgIpc) is 1.95. The molecule has 13 heavy (non-hydrogen) atoms. The smallest absolute Gasteiger partial charge is 0.166 e. The molecule has 0 heterocycles. The largest absolute Gasteiger partial charge is 0.417 e. The molecule has 0 bridgehead atoms. The molecular formula is C8H6BrF3S. The van der Waals surface area contributed by atoms with Gasteiger partial charge in [-0.2, -0.15) is 13.2 Å². The molecule has 0 saturated carbocycles. The van der Waals surface area contributed by atoms with E-state index in [-0.39, 0.29) is 10.0 Å². The maximum atomic E-state index is 12.4. The summed E-state index contributed by atoms with van der Waals surface area (Å²) in [5, 5.41) is 0. The Labute approximate surface area is 87.7 Å². The molecule has 1 aromatic carbocycles. The van der Waals surface area contributed by atoms with Gasteiger partial charge in [0.05, 0.1) is 5.56 Å². The summed E-state index contributed by atoms with van der Waals surface area (Å²) in [6.45, 7) is 1.40. The van der Waals surface area contributed by atoms with E-state index in [1.807, 2.05) is 0 Å². The van der Waals surface area contributed by atoms with Gasteiger partial charge in [-0.05, 0) is 24.6 Å². The highest BCUT2D eigenvalue weighted by molar-refractivity contribution is 9.10. The molecular weight excluding hydrogens is 265 g/mol. The van der Waals surface area contributed by atoms with Gasteiger partial charge in [-0.25, -0.2) is 0 Å². The molecule has 1 rings (SSSR count). The second-order valence-corrected chi connectivity index (χ2v) is 3.90. The molecule has 0 spiro atoms. The van der Waals surface area contributed by atoms with Crippen LogP contribution in [0.1, 0.15) is 11.1 Å². The summed E-state index contributed by atoms with van der Waals surface area (Å²) < 4.78 is 37.3. The van der Waals surface area contributed by atoms with Crippen molar-refractivity contribution in [3.63, 3.8) is 0 Å². The summed E-state index contributed by atoms with van der Waals surface area (Å²) in [5.74, 6) is 0. The summed E-state index contributed by atoms with van der Waals surface area (Å²) in [4.78, 5) is 0.343. The van der Waals surface area contributed by atoms with Crippen LogP contribution in [0, 0.1) is 6.92 Å². The van der Waals surface area contributed by atoms with Crippen LogP contribution in [0.5, 0.6) is 0 Å². The molecule has 0 aromatic heterocycles. The van der Waals surface area contributed by atoms with E-state index in [1.54, 1.807) is 0 Å². The van der Waals surface area contributed by atoms with Gasteiger partial charge in [-0.15, -0.1) is 12.6 Å². The number of benzene rings is 1. The molecule has 0 nitrogen and oxygen atoms in total. The second kappa shape index (κ2) is 3.53. The fraction of sp³-hybridized carbons (Fsp3) is 0.250. The molecule has 0 fully saturated rings. The molecule has 0 unspecified atom stereocenters. The van der Waals surface area contributed by atoms with E-state index in [9.17, 15) is 13.2 Å². The van der Waals surface area contributed by atoms with Gasteiger partial charge in [0.25, 0.3) is 0 Å². The minimum atomic E-state index is -4.33. The lowest BCUT2D eigenvalue weighted by molar-refractivity contribution is -0.138. The quantitative estimate of drug-likeness (QED) is 0.676. The van der Waals surface area contributed by atoms with Crippen molar-refractivity contribution in [3.8, 4) is 0 Å². The minimum Gasteiger partial charge on any atom is -0.166 e. The molecule has 0 amide bonds. The van der Waals surface area contributed by atoms with E-state index in [0.717, 1.165) is 0 Å². The van der Waals surface area contributed by atoms with Crippen molar-refractivity contribution in [2.75, 3.05) is 0 Å². The first kappa shape index (κ1) is 10.9. The van der Waals surface area contributed by atoms with E-state index in [2.05, 4.69) is 28.6 Å². The van der Waals surface area contributed by atoms with E-state index in [4.69, 9.17) is 0 Å². The standard InChI is InChI=1S/C8H6BrF3S/c1-4-6(13)3-2-5(9)7(4)8(10,11)12/h2-3,13H,1H3. The molecule has 0 atom stereocenters. The first-order chi connectivity index (χ1) is 5.84. The number of hydrogen-bond acceptors (Lipinski definition) is 1. The second-order valence-electron chi connectivity index (χ2n) is 2.56. The Morgan fingerprint density at radius 3 is 2.23 bits per heavy atom. The Balaban J connectivity index is 3.43. The van der Waals surface area contributed by atoms with Gasteiger partial charge in [0.2, 0.25) is 0 Å². The SMILES string of the molecule is Cc1c(S)ccc(Br)c1C(F)(F)F. The van der Waals surface area contributed by atoms with Gasteiger partial charge < -0.3 is 0 Å². The summed E-state index contributed by atoms with van der Waals surface area (Å²) in [6.07, 6.45) is -4.33. The van der Waals surface area contributed by atoms with Crippen molar-refractivity contribution < 1.29 is 13.2 Å². The van der Waals surface area contributed by atoms with Crippen LogP contribution in [0.2, 0.25) is 0 Å². The van der Waals surface area contributed by atoms with Crippen LogP contribution < -0.4 is 0 Å². The molecule has 0 aliphatic carbocycles. The molecule has 5 heteroatoms. The summed E-state index contributed by atoms with van der Waals surface area (Å²) in [5.41, 5.74) is -0.509. The molecule has 0 aliphatic heterocycles. The normalized spacial score (nSPS) is 11.8. The number of thiol groups is 1. The minimum absolute atomic E-state index is 0.0512. The van der Waals surface area contributed by atoms with Gasteiger partial charge in [0.1, 0.15) is 0 Å². The van der Waals surface area contributed by atoms with Crippen LogP contribution in [0.3, 0.4) is 0 Å². The van der Waals surface area contributed by atoms with E-state index < -0.39 is 11.7 Å². The highest BCUT2D eigenvalue weighted by atomic mass is 79.9. The molecule has 0 radical (unpaired) electrons. The molecule has 72 valence electrons. The topological polar surface area (TPSA) is 0 Å². The van der Waals surface area contributed by atoms with Gasteiger partial charge in [-0.1, -0.05) is 15.9 Å². The van der Waals surface area contributed by atoms with Gasteiger partial charge in [0.15, 0.2) is 0 Å². The fourth-order valence-electron chi connectivity index (χ4n) is 1.02. The highest BCUT2D eigenvalue weighted by Crippen LogP contribution is 2.38. The van der Waals surface area contributed by atoms with Crippen LogP contribution in [0.25, 0.3) is 0 Å². The van der Waals surface area contributed by atoms with Crippen molar-refractivity contribution in [2.24, 2.45) is 0 Å². The third kappa shape index (κ3) is 2.20. The van der Waals surface area contributed by atoms with E-state index in [1.165, 1.54) is 19.1 Å². The van der Waals surface area contributed by atoms with Crippen LogP contribution in [-0.2, 0) is 6.18 Å². The fourth-order valence-corrected chi connectivity index (χ4v) is 1.86.